The van der Waals surface area contributed by atoms with E-state index in [0.29, 0.717) is 80.0 Å². The van der Waals surface area contributed by atoms with Gasteiger partial charge in [0, 0.05) is 98.9 Å². The number of benzene rings is 3. The molecular weight excluding hydrogens is 798 g/mol. The SMILES string of the molecule is Nc1nnc(-c2ccccc2O)cc1N1CCCC(c2ccc(C(=O)N3CCC(F)(CN4CCC(c5cn(C6CCC6)c6cc(NC(=O)CCNC=O)ccc56)CC4)CC3)cc2)C1. The van der Waals surface area contributed by atoms with Crippen LogP contribution in [0, 0.1) is 0 Å². The molecule has 2 aromatic heterocycles. The molecule has 4 aliphatic rings. The van der Waals surface area contributed by atoms with E-state index in [2.05, 4.69) is 65.7 Å². The van der Waals surface area contributed by atoms with Crippen LogP contribution in [0.4, 0.5) is 21.6 Å². The van der Waals surface area contributed by atoms with Crippen LogP contribution in [0.5, 0.6) is 5.75 Å². The van der Waals surface area contributed by atoms with E-state index in [4.69, 9.17) is 5.73 Å². The van der Waals surface area contributed by atoms with Gasteiger partial charge in [0.15, 0.2) is 5.82 Å². The van der Waals surface area contributed by atoms with Gasteiger partial charge in [-0.3, -0.25) is 14.4 Å². The highest BCUT2D eigenvalue weighted by atomic mass is 19.1. The molecule has 1 aliphatic carbocycles. The minimum atomic E-state index is -1.33. The van der Waals surface area contributed by atoms with Gasteiger partial charge in [-0.2, -0.15) is 0 Å². The number of carbonyl (C=O) groups is 3. The monoisotopic (exact) mass is 855 g/mol. The highest BCUT2D eigenvalue weighted by molar-refractivity contribution is 5.95. The second-order valence-electron chi connectivity index (χ2n) is 18.1. The van der Waals surface area contributed by atoms with Gasteiger partial charge in [0.1, 0.15) is 11.4 Å². The number of para-hydroxylation sites is 1. The lowest BCUT2D eigenvalue weighted by Gasteiger charge is -2.41. The van der Waals surface area contributed by atoms with Crippen LogP contribution < -0.4 is 21.3 Å². The molecule has 3 saturated heterocycles. The molecule has 1 atom stereocenters. The first-order valence-corrected chi connectivity index (χ1v) is 22.7. The van der Waals surface area contributed by atoms with E-state index < -0.39 is 5.67 Å². The Morgan fingerprint density at radius 3 is 2.40 bits per heavy atom. The van der Waals surface area contributed by atoms with E-state index in [1.54, 1.807) is 12.1 Å². The molecule has 4 fully saturated rings. The summed E-state index contributed by atoms with van der Waals surface area (Å²) in [6.45, 7) is 4.71. The molecule has 1 unspecified atom stereocenters. The number of phenolic OH excluding ortho intramolecular Hbond substituents is 1. The minimum Gasteiger partial charge on any atom is -0.507 e. The topological polar surface area (TPSA) is 162 Å². The van der Waals surface area contributed by atoms with Crippen LogP contribution in [0.25, 0.3) is 22.2 Å². The van der Waals surface area contributed by atoms with Crippen LogP contribution in [-0.4, -0.2) is 106 Å². The van der Waals surface area contributed by atoms with E-state index in [1.807, 2.05) is 41.3 Å². The molecule has 5 heterocycles. The van der Waals surface area contributed by atoms with Crippen molar-refractivity contribution in [2.45, 2.75) is 87.8 Å². The number of hydrogen-bond donors (Lipinski definition) is 4. The average Bonchev–Trinajstić information content (AvgIpc) is 3.64. The van der Waals surface area contributed by atoms with E-state index in [9.17, 15) is 19.5 Å². The molecule has 63 heavy (non-hydrogen) atoms. The molecule has 1 saturated carbocycles. The number of nitrogens with two attached hydrogens (primary N) is 1. The zero-order valence-electron chi connectivity index (χ0n) is 35.9. The first-order chi connectivity index (χ1) is 30.6. The third-order valence-electron chi connectivity index (χ3n) is 14.1. The van der Waals surface area contributed by atoms with Crippen LogP contribution in [0.1, 0.15) is 104 Å². The number of aromatic hydroxyl groups is 1. The number of amides is 3. The fourth-order valence-corrected chi connectivity index (χ4v) is 10.2. The lowest BCUT2D eigenvalue weighted by molar-refractivity contribution is -0.116. The first-order valence-electron chi connectivity index (χ1n) is 22.7. The van der Waals surface area contributed by atoms with Gasteiger partial charge in [-0.15, -0.1) is 10.2 Å². The molecule has 0 radical (unpaired) electrons. The van der Waals surface area contributed by atoms with Gasteiger partial charge in [0.25, 0.3) is 5.91 Å². The number of piperidine rings is 3. The number of nitrogen functional groups attached to an aromatic ring is 1. The van der Waals surface area contributed by atoms with Gasteiger partial charge >= 0.3 is 0 Å². The van der Waals surface area contributed by atoms with Crippen molar-refractivity contribution in [1.29, 1.82) is 0 Å². The normalized spacial score (nSPS) is 19.7. The molecule has 14 heteroatoms. The maximum Gasteiger partial charge on any atom is 0.253 e. The maximum atomic E-state index is 16.5. The minimum absolute atomic E-state index is 0.0514. The molecule has 0 spiro atoms. The molecule has 9 rings (SSSR count). The Balaban J connectivity index is 0.770. The van der Waals surface area contributed by atoms with Crippen molar-refractivity contribution in [3.63, 3.8) is 0 Å². The number of rotatable bonds is 13. The molecule has 0 bridgehead atoms. The maximum absolute atomic E-state index is 16.5. The fraction of sp³-hybridized carbons (Fsp3) is 0.449. The van der Waals surface area contributed by atoms with E-state index in [-0.39, 0.29) is 29.9 Å². The Morgan fingerprint density at radius 2 is 1.67 bits per heavy atom. The summed E-state index contributed by atoms with van der Waals surface area (Å²) >= 11 is 0. The Hall–Kier alpha value is -6.02. The molecule has 5 aromatic rings. The highest BCUT2D eigenvalue weighted by Gasteiger charge is 2.39. The number of aromatic nitrogens is 3. The van der Waals surface area contributed by atoms with Crippen LogP contribution >= 0.6 is 0 Å². The van der Waals surface area contributed by atoms with Gasteiger partial charge in [0.05, 0.1) is 16.9 Å². The fourth-order valence-electron chi connectivity index (χ4n) is 10.2. The number of alkyl halides is 1. The third kappa shape index (κ3) is 9.22. The average molecular weight is 856 g/mol. The number of halogens is 1. The van der Waals surface area contributed by atoms with E-state index >= 15 is 4.39 Å². The second-order valence-corrected chi connectivity index (χ2v) is 18.1. The van der Waals surface area contributed by atoms with Crippen LogP contribution in [0.15, 0.2) is 79.0 Å². The molecular formula is C49H58FN9O4. The number of fused-ring (bicyclic) bond motifs is 1. The van der Waals surface area contributed by atoms with Gasteiger partial charge in [0.2, 0.25) is 12.3 Å². The third-order valence-corrected chi connectivity index (χ3v) is 14.1. The van der Waals surface area contributed by atoms with Gasteiger partial charge in [-0.25, -0.2) is 4.39 Å². The highest BCUT2D eigenvalue weighted by Crippen LogP contribution is 2.42. The summed E-state index contributed by atoms with van der Waals surface area (Å²) in [5, 5.41) is 25.6. The van der Waals surface area contributed by atoms with Gasteiger partial charge < -0.3 is 40.7 Å². The number of carbonyl (C=O) groups excluding carboxylic acids is 3. The van der Waals surface area contributed by atoms with Crippen molar-refractivity contribution in [3.05, 3.63) is 95.7 Å². The smallest absolute Gasteiger partial charge is 0.253 e. The lowest BCUT2D eigenvalue weighted by Crippen LogP contribution is -2.50. The first kappa shape index (κ1) is 42.3. The molecule has 330 valence electrons. The Bertz CT molecular complexity index is 2440. The van der Waals surface area contributed by atoms with Crippen molar-refractivity contribution in [2.75, 3.05) is 68.3 Å². The largest absolute Gasteiger partial charge is 0.507 e. The summed E-state index contributed by atoms with van der Waals surface area (Å²) in [5.41, 5.74) is 12.0. The number of phenols is 1. The standard InChI is InChI=1S/C49H58FN9O4/c50-49(31-56-23-17-34(18-24-56)41-30-59(38-6-3-7-38)43-27-37(14-15-39(41)43)53-46(62)16-21-52-32-60)19-25-57(26-20-49)48(63)35-12-10-33(11-13-35)36-5-4-22-58(29-36)44-28-42(54-55-47(44)51)40-8-1-2-9-45(40)61/h1-2,8-15,27-28,30,32,34,36,38,61H,3-7,16-26,29,31H2,(H2,51,55)(H,52,60)(H,53,62). The number of likely N-dealkylation sites (tertiary alicyclic amines) is 2. The quantitative estimate of drug-likeness (QED) is 0.0699. The molecule has 13 nitrogen and oxygen atoms in total. The van der Waals surface area contributed by atoms with Crippen LogP contribution in [0.2, 0.25) is 0 Å². The zero-order valence-corrected chi connectivity index (χ0v) is 35.9. The Labute approximate surface area is 367 Å². The van der Waals surface area contributed by atoms with E-state index in [0.717, 1.165) is 87.2 Å². The Morgan fingerprint density at radius 1 is 0.889 bits per heavy atom. The zero-order chi connectivity index (χ0) is 43.5. The summed E-state index contributed by atoms with van der Waals surface area (Å²) in [6.07, 6.45) is 11.2. The van der Waals surface area contributed by atoms with Crippen molar-refractivity contribution in [3.8, 4) is 17.0 Å². The number of hydrogen-bond acceptors (Lipinski definition) is 9. The molecule has 3 amide bonds. The summed E-state index contributed by atoms with van der Waals surface area (Å²) in [4.78, 5) is 43.1. The van der Waals surface area contributed by atoms with Crippen LogP contribution in [0.3, 0.4) is 0 Å². The van der Waals surface area contributed by atoms with Crippen molar-refractivity contribution >= 4 is 46.3 Å². The van der Waals surface area contributed by atoms with Gasteiger partial charge in [-0.05, 0) is 118 Å². The van der Waals surface area contributed by atoms with Crippen molar-refractivity contribution < 1.29 is 23.9 Å². The van der Waals surface area contributed by atoms with E-state index in [1.165, 1.54) is 17.4 Å². The molecule has 5 N–H and O–H groups in total. The van der Waals surface area contributed by atoms with Crippen molar-refractivity contribution in [2.24, 2.45) is 0 Å². The predicted molar refractivity (Wildman–Crippen MR) is 244 cm³/mol. The summed E-state index contributed by atoms with van der Waals surface area (Å²) in [5.74, 6) is 0.917. The number of anilines is 3. The molecule has 3 aliphatic heterocycles. The Kier molecular flexibility index (Phi) is 12.3. The number of nitrogens with one attached hydrogen (secondary N) is 2. The molecule has 3 aromatic carbocycles. The summed E-state index contributed by atoms with van der Waals surface area (Å²) in [6, 6.07) is 23.5. The number of nitrogens with zero attached hydrogens (tertiary/aromatic N) is 6. The van der Waals surface area contributed by atoms with Gasteiger partial charge in [-0.1, -0.05) is 30.3 Å². The lowest BCUT2D eigenvalue weighted by atomic mass is 9.87. The second kappa shape index (κ2) is 18.4. The van der Waals surface area contributed by atoms with Crippen LogP contribution in [-0.2, 0) is 9.59 Å². The predicted octanol–water partition coefficient (Wildman–Crippen LogP) is 7.39. The van der Waals surface area contributed by atoms with Crippen molar-refractivity contribution in [1.82, 2.24) is 29.9 Å². The summed E-state index contributed by atoms with van der Waals surface area (Å²) < 4.78 is 18.9. The summed E-state index contributed by atoms with van der Waals surface area (Å²) in [7, 11) is 0.